The van der Waals surface area contributed by atoms with Crippen molar-refractivity contribution < 1.29 is 0 Å². The Bertz CT molecular complexity index is 1050. The molecule has 0 unspecified atom stereocenters. The highest BCUT2D eigenvalue weighted by Gasteiger charge is 2.37. The molecule has 2 aromatic rings. The molecule has 3 heterocycles. The fourth-order valence-electron chi connectivity index (χ4n) is 5.12. The summed E-state index contributed by atoms with van der Waals surface area (Å²) in [5, 5.41) is 1.47. The molecule has 166 valence electrons. The molecule has 5 nitrogen and oxygen atoms in total. The molecule has 0 bridgehead atoms. The van der Waals surface area contributed by atoms with Gasteiger partial charge in [0.05, 0.1) is 29.4 Å². The highest BCUT2D eigenvalue weighted by molar-refractivity contribution is 7.99. The highest BCUT2D eigenvalue weighted by Crippen LogP contribution is 2.47. The lowest BCUT2D eigenvalue weighted by molar-refractivity contribution is 0.226. The number of anilines is 1. The highest BCUT2D eigenvalue weighted by atomic mass is 35.5. The maximum absolute atomic E-state index is 6.78. The minimum Gasteiger partial charge on any atom is -0.355 e. The van der Waals surface area contributed by atoms with Gasteiger partial charge in [0, 0.05) is 35.8 Å². The molecule has 2 fully saturated rings. The zero-order valence-corrected chi connectivity index (χ0v) is 19.8. The number of hydrogen-bond donors (Lipinski definition) is 0. The molecule has 1 saturated heterocycles. The molecule has 5 rings (SSSR count). The van der Waals surface area contributed by atoms with E-state index in [9.17, 15) is 0 Å². The Morgan fingerprint density at radius 3 is 2.56 bits per heavy atom. The van der Waals surface area contributed by atoms with Crippen molar-refractivity contribution in [3.8, 4) is 0 Å². The van der Waals surface area contributed by atoms with Crippen LogP contribution < -0.4 is 4.90 Å². The molecule has 7 heteroatoms. The van der Waals surface area contributed by atoms with Crippen LogP contribution >= 0.6 is 23.4 Å². The zero-order chi connectivity index (χ0) is 22.1. The average Bonchev–Trinajstić information content (AvgIpc) is 3.26. The monoisotopic (exact) mass is 465 g/mol. The lowest BCUT2D eigenvalue weighted by Gasteiger charge is -2.39. The summed E-state index contributed by atoms with van der Waals surface area (Å²) in [6.45, 7) is 10.8. The van der Waals surface area contributed by atoms with Gasteiger partial charge in [0.2, 0.25) is 0 Å². The lowest BCUT2D eigenvalue weighted by atomic mass is 9.77. The van der Waals surface area contributed by atoms with Crippen LogP contribution in [0.2, 0.25) is 5.02 Å². The summed E-state index contributed by atoms with van der Waals surface area (Å²) in [7, 11) is 0. The fourth-order valence-corrected chi connectivity index (χ4v) is 6.27. The molecule has 0 N–H and O–H groups in total. The van der Waals surface area contributed by atoms with Crippen molar-refractivity contribution in [2.75, 3.05) is 24.5 Å². The Kier molecular flexibility index (Phi) is 5.99. The Balaban J connectivity index is 1.29. The van der Waals surface area contributed by atoms with Crippen LogP contribution in [-0.2, 0) is 0 Å². The topological polar surface area (TPSA) is 44.6 Å². The number of piperidine rings is 1. The van der Waals surface area contributed by atoms with Crippen molar-refractivity contribution in [3.05, 3.63) is 54.3 Å². The third kappa shape index (κ3) is 4.06. The van der Waals surface area contributed by atoms with Crippen molar-refractivity contribution in [1.82, 2.24) is 14.9 Å². The Hall–Kier alpha value is -2.31. The van der Waals surface area contributed by atoms with Crippen LogP contribution in [0, 0.1) is 5.41 Å². The van der Waals surface area contributed by atoms with Crippen molar-refractivity contribution in [2.24, 2.45) is 10.4 Å². The number of fused-ring (bicyclic) bond motifs is 1. The summed E-state index contributed by atoms with van der Waals surface area (Å²) in [5.41, 5.74) is 3.13. The average molecular weight is 466 g/mol. The maximum atomic E-state index is 6.78. The normalized spacial score (nSPS) is 19.5. The van der Waals surface area contributed by atoms with Crippen molar-refractivity contribution >= 4 is 46.9 Å². The van der Waals surface area contributed by atoms with Crippen LogP contribution in [0.1, 0.15) is 44.1 Å². The standard InChI is InChI=1S/C25H28ClN5S/c1-3-12-31-17-29-19-6-7-20(24(26)23(19)18(31)2)32-22-16-27-21(15-28-22)30-13-10-25(11-14-30)8-4-5-9-25/h3,6-7,15-17H,1-2,4-5,8-14H2. The summed E-state index contributed by atoms with van der Waals surface area (Å²) in [4.78, 5) is 19.2. The first kappa shape index (κ1) is 21.5. The summed E-state index contributed by atoms with van der Waals surface area (Å²) in [6.07, 6.45) is 15.5. The SMILES string of the molecule is C=CCN1C=Nc2ccc(Sc3cnc(N4CCC5(CCCC5)CC4)cn3)c(Cl)c2C1=C. The second kappa shape index (κ2) is 8.91. The first-order valence-corrected chi connectivity index (χ1v) is 12.5. The first-order chi connectivity index (χ1) is 15.6. The first-order valence-electron chi connectivity index (χ1n) is 11.3. The van der Waals surface area contributed by atoms with Gasteiger partial charge in [-0.15, -0.1) is 6.58 Å². The van der Waals surface area contributed by atoms with Gasteiger partial charge >= 0.3 is 0 Å². The van der Waals surface area contributed by atoms with Gasteiger partial charge in [-0.25, -0.2) is 15.0 Å². The van der Waals surface area contributed by atoms with Gasteiger partial charge in [0.25, 0.3) is 0 Å². The quantitative estimate of drug-likeness (QED) is 0.467. The van der Waals surface area contributed by atoms with E-state index < -0.39 is 0 Å². The van der Waals surface area contributed by atoms with Crippen LogP contribution in [-0.4, -0.2) is 40.8 Å². The Morgan fingerprint density at radius 1 is 1.09 bits per heavy atom. The molecule has 0 atom stereocenters. The second-order valence-electron chi connectivity index (χ2n) is 8.91. The molecule has 1 aromatic carbocycles. The minimum absolute atomic E-state index is 0.609. The van der Waals surface area contributed by atoms with Crippen LogP contribution in [0.25, 0.3) is 5.70 Å². The third-order valence-electron chi connectivity index (χ3n) is 7.02. The summed E-state index contributed by atoms with van der Waals surface area (Å²) >= 11 is 8.30. The molecule has 0 radical (unpaired) electrons. The molecule has 1 saturated carbocycles. The van der Waals surface area contributed by atoms with Crippen LogP contribution in [0.5, 0.6) is 0 Å². The number of aliphatic imine (C=N–C) groups is 1. The smallest absolute Gasteiger partial charge is 0.147 e. The molecule has 1 aliphatic carbocycles. The number of rotatable bonds is 5. The zero-order valence-electron chi connectivity index (χ0n) is 18.3. The largest absolute Gasteiger partial charge is 0.355 e. The molecule has 1 spiro atoms. The number of hydrogen-bond acceptors (Lipinski definition) is 6. The lowest BCUT2D eigenvalue weighted by Crippen LogP contribution is -2.39. The van der Waals surface area contributed by atoms with E-state index in [0.29, 0.717) is 17.0 Å². The van der Waals surface area contributed by atoms with E-state index in [4.69, 9.17) is 16.6 Å². The van der Waals surface area contributed by atoms with E-state index in [1.54, 1.807) is 6.34 Å². The van der Waals surface area contributed by atoms with Gasteiger partial charge in [-0.05, 0) is 43.2 Å². The Labute approximate surface area is 199 Å². The van der Waals surface area contributed by atoms with Gasteiger partial charge in [-0.3, -0.25) is 0 Å². The molecule has 32 heavy (non-hydrogen) atoms. The minimum atomic E-state index is 0.609. The number of halogens is 1. The maximum Gasteiger partial charge on any atom is 0.147 e. The van der Waals surface area contributed by atoms with E-state index in [1.165, 1.54) is 50.3 Å². The van der Waals surface area contributed by atoms with Crippen LogP contribution in [0.3, 0.4) is 0 Å². The van der Waals surface area contributed by atoms with E-state index in [2.05, 4.69) is 28.0 Å². The number of benzene rings is 1. The Morgan fingerprint density at radius 2 is 1.88 bits per heavy atom. The third-order valence-corrected chi connectivity index (χ3v) is 8.51. The van der Waals surface area contributed by atoms with Crippen molar-refractivity contribution in [3.63, 3.8) is 0 Å². The predicted molar refractivity (Wildman–Crippen MR) is 134 cm³/mol. The van der Waals surface area contributed by atoms with Crippen LogP contribution in [0.15, 0.2) is 58.7 Å². The van der Waals surface area contributed by atoms with Gasteiger partial charge in [-0.2, -0.15) is 0 Å². The number of aromatic nitrogens is 2. The molecule has 2 aliphatic heterocycles. The summed E-state index contributed by atoms with van der Waals surface area (Å²) in [5.74, 6) is 0.974. The number of nitrogens with zero attached hydrogens (tertiary/aromatic N) is 5. The fraction of sp³-hybridized carbons (Fsp3) is 0.400. The molecular weight excluding hydrogens is 438 g/mol. The molecule has 3 aliphatic rings. The van der Waals surface area contributed by atoms with Gasteiger partial charge in [0.15, 0.2) is 0 Å². The van der Waals surface area contributed by atoms with E-state index >= 15 is 0 Å². The van der Waals surface area contributed by atoms with Crippen molar-refractivity contribution in [2.45, 2.75) is 48.4 Å². The van der Waals surface area contributed by atoms with Crippen molar-refractivity contribution in [1.29, 1.82) is 0 Å². The van der Waals surface area contributed by atoms with E-state index in [1.807, 2.05) is 35.5 Å². The van der Waals surface area contributed by atoms with Gasteiger partial charge < -0.3 is 9.80 Å². The van der Waals surface area contributed by atoms with Gasteiger partial charge in [-0.1, -0.05) is 48.9 Å². The molecule has 0 amide bonds. The molecule has 1 aromatic heterocycles. The second-order valence-corrected chi connectivity index (χ2v) is 10.4. The van der Waals surface area contributed by atoms with E-state index in [-0.39, 0.29) is 0 Å². The van der Waals surface area contributed by atoms with Crippen LogP contribution in [0.4, 0.5) is 11.5 Å². The predicted octanol–water partition coefficient (Wildman–Crippen LogP) is 6.57. The van der Waals surface area contributed by atoms with Gasteiger partial charge in [0.1, 0.15) is 10.8 Å². The van der Waals surface area contributed by atoms with E-state index in [0.717, 1.165) is 45.8 Å². The summed E-state index contributed by atoms with van der Waals surface area (Å²) in [6, 6.07) is 3.96. The summed E-state index contributed by atoms with van der Waals surface area (Å²) < 4.78 is 0. The molecular formula is C25H28ClN5S.